The van der Waals surface area contributed by atoms with E-state index in [1.54, 1.807) is 31.2 Å². The maximum absolute atomic E-state index is 11.9. The Labute approximate surface area is 137 Å². The van der Waals surface area contributed by atoms with Crippen molar-refractivity contribution in [3.63, 3.8) is 0 Å². The highest BCUT2D eigenvalue weighted by Gasteiger charge is 2.17. The second-order valence-electron chi connectivity index (χ2n) is 4.61. The minimum absolute atomic E-state index is 0.0292. The summed E-state index contributed by atoms with van der Waals surface area (Å²) < 4.78 is 10.5. The number of ether oxygens (including phenoxy) is 1. The minimum atomic E-state index is -0.906. The van der Waals surface area contributed by atoms with Crippen molar-refractivity contribution in [1.29, 1.82) is 0 Å². The van der Waals surface area contributed by atoms with Gasteiger partial charge in [-0.25, -0.2) is 0 Å². The smallest absolute Gasteiger partial charge is 0.260 e. The van der Waals surface area contributed by atoms with Gasteiger partial charge in [-0.3, -0.25) is 4.79 Å². The zero-order valence-electron chi connectivity index (χ0n) is 11.8. The Kier molecular flexibility index (Phi) is 5.71. The Morgan fingerprint density at radius 3 is 2.77 bits per heavy atom. The van der Waals surface area contributed by atoms with Crippen LogP contribution in [0.2, 0.25) is 10.0 Å². The standard InChI is InChI=1S/C15H15Cl2NO4/c1-9(22-10-4-5-11(16)12(17)7-10)15(20)18-8-13(19)14-3-2-6-21-14/h2-7,9,13,19H,8H2,1H3,(H,18,20). The van der Waals surface area contributed by atoms with Crippen LogP contribution in [0.1, 0.15) is 18.8 Å². The van der Waals surface area contributed by atoms with E-state index in [1.807, 2.05) is 0 Å². The van der Waals surface area contributed by atoms with Crippen molar-refractivity contribution in [3.8, 4) is 5.75 Å². The SMILES string of the molecule is CC(Oc1ccc(Cl)c(Cl)c1)C(=O)NCC(O)c1ccco1. The molecule has 1 aromatic carbocycles. The van der Waals surface area contributed by atoms with E-state index in [-0.39, 0.29) is 12.5 Å². The Morgan fingerprint density at radius 1 is 1.36 bits per heavy atom. The molecule has 0 spiro atoms. The molecule has 2 aromatic rings. The molecule has 0 fully saturated rings. The number of benzene rings is 1. The van der Waals surface area contributed by atoms with Crippen LogP contribution < -0.4 is 10.1 Å². The Morgan fingerprint density at radius 2 is 2.14 bits per heavy atom. The Balaban J connectivity index is 1.85. The minimum Gasteiger partial charge on any atom is -0.481 e. The molecule has 2 rings (SSSR count). The van der Waals surface area contributed by atoms with E-state index in [0.717, 1.165) is 0 Å². The molecule has 2 N–H and O–H groups in total. The van der Waals surface area contributed by atoms with Crippen LogP contribution in [-0.2, 0) is 4.79 Å². The molecule has 2 atom stereocenters. The number of halogens is 2. The van der Waals surface area contributed by atoms with Gasteiger partial charge in [-0.1, -0.05) is 23.2 Å². The van der Waals surface area contributed by atoms with Gasteiger partial charge in [-0.05, 0) is 31.2 Å². The van der Waals surface area contributed by atoms with Crippen LogP contribution in [0.4, 0.5) is 0 Å². The summed E-state index contributed by atoms with van der Waals surface area (Å²) in [7, 11) is 0. The number of carbonyl (C=O) groups excluding carboxylic acids is 1. The van der Waals surface area contributed by atoms with Gasteiger partial charge in [0.15, 0.2) is 6.10 Å². The van der Waals surface area contributed by atoms with Crippen molar-refractivity contribution >= 4 is 29.1 Å². The summed E-state index contributed by atoms with van der Waals surface area (Å²) in [5, 5.41) is 13.2. The van der Waals surface area contributed by atoms with E-state index in [4.69, 9.17) is 32.4 Å². The van der Waals surface area contributed by atoms with Gasteiger partial charge >= 0.3 is 0 Å². The first-order chi connectivity index (χ1) is 10.5. The molecule has 2 unspecified atom stereocenters. The van der Waals surface area contributed by atoms with Crippen molar-refractivity contribution < 1.29 is 19.1 Å². The molecular formula is C15H15Cl2NO4. The maximum Gasteiger partial charge on any atom is 0.260 e. The third kappa shape index (κ3) is 4.40. The maximum atomic E-state index is 11.9. The Hall–Kier alpha value is -1.69. The zero-order chi connectivity index (χ0) is 16.1. The van der Waals surface area contributed by atoms with Gasteiger partial charge in [0, 0.05) is 6.07 Å². The van der Waals surface area contributed by atoms with E-state index in [9.17, 15) is 9.90 Å². The molecule has 0 aliphatic rings. The third-order valence-electron chi connectivity index (χ3n) is 2.91. The molecule has 1 amide bonds. The van der Waals surface area contributed by atoms with Gasteiger partial charge in [0.05, 0.1) is 22.9 Å². The van der Waals surface area contributed by atoms with E-state index in [2.05, 4.69) is 5.32 Å². The number of nitrogens with one attached hydrogen (secondary N) is 1. The monoisotopic (exact) mass is 343 g/mol. The first-order valence-corrected chi connectivity index (χ1v) is 7.34. The highest BCUT2D eigenvalue weighted by molar-refractivity contribution is 6.42. The molecule has 5 nitrogen and oxygen atoms in total. The average molecular weight is 344 g/mol. The highest BCUT2D eigenvalue weighted by Crippen LogP contribution is 2.26. The summed E-state index contributed by atoms with van der Waals surface area (Å²) in [6.45, 7) is 1.62. The van der Waals surface area contributed by atoms with E-state index in [0.29, 0.717) is 21.6 Å². The Bertz CT molecular complexity index is 630. The van der Waals surface area contributed by atoms with Gasteiger partial charge in [-0.2, -0.15) is 0 Å². The molecule has 22 heavy (non-hydrogen) atoms. The molecule has 118 valence electrons. The number of furan rings is 1. The first-order valence-electron chi connectivity index (χ1n) is 6.58. The van der Waals surface area contributed by atoms with Crippen molar-refractivity contribution in [3.05, 3.63) is 52.4 Å². The van der Waals surface area contributed by atoms with Crippen LogP contribution in [0.25, 0.3) is 0 Å². The second-order valence-corrected chi connectivity index (χ2v) is 5.43. The second kappa shape index (κ2) is 7.54. The van der Waals surface area contributed by atoms with Crippen LogP contribution in [0, 0.1) is 0 Å². The van der Waals surface area contributed by atoms with E-state index >= 15 is 0 Å². The third-order valence-corrected chi connectivity index (χ3v) is 3.65. The van der Waals surface area contributed by atoms with Gasteiger partial charge < -0.3 is 19.6 Å². The summed E-state index contributed by atoms with van der Waals surface area (Å²) in [5.74, 6) is 0.457. The first kappa shape index (κ1) is 16.7. The normalized spacial score (nSPS) is 13.5. The topological polar surface area (TPSA) is 71.7 Å². The molecule has 0 aliphatic heterocycles. The number of aliphatic hydroxyl groups excluding tert-OH is 1. The lowest BCUT2D eigenvalue weighted by Crippen LogP contribution is -2.38. The molecule has 0 aliphatic carbocycles. The van der Waals surface area contributed by atoms with Crippen LogP contribution in [0.5, 0.6) is 5.75 Å². The van der Waals surface area contributed by atoms with Crippen molar-refractivity contribution in [2.45, 2.75) is 19.1 Å². The quantitative estimate of drug-likeness (QED) is 0.844. The molecule has 1 aromatic heterocycles. The van der Waals surface area contributed by atoms with E-state index in [1.165, 1.54) is 12.3 Å². The fraction of sp³-hybridized carbons (Fsp3) is 0.267. The van der Waals surface area contributed by atoms with E-state index < -0.39 is 12.2 Å². The van der Waals surface area contributed by atoms with Crippen LogP contribution in [-0.4, -0.2) is 23.7 Å². The lowest BCUT2D eigenvalue weighted by atomic mass is 10.2. The van der Waals surface area contributed by atoms with Gasteiger partial charge in [0.2, 0.25) is 0 Å². The van der Waals surface area contributed by atoms with Crippen molar-refractivity contribution in [2.24, 2.45) is 0 Å². The van der Waals surface area contributed by atoms with Crippen LogP contribution >= 0.6 is 23.2 Å². The average Bonchev–Trinajstić information content (AvgIpc) is 3.02. The lowest BCUT2D eigenvalue weighted by Gasteiger charge is -2.16. The number of amides is 1. The van der Waals surface area contributed by atoms with Gasteiger partial charge in [-0.15, -0.1) is 0 Å². The number of hydrogen-bond acceptors (Lipinski definition) is 4. The fourth-order valence-electron chi connectivity index (χ4n) is 1.73. The predicted octanol–water partition coefficient (Wildman–Crippen LogP) is 3.20. The number of aliphatic hydroxyl groups is 1. The molecule has 0 radical (unpaired) electrons. The van der Waals surface area contributed by atoms with Gasteiger partial charge in [0.25, 0.3) is 5.91 Å². The lowest BCUT2D eigenvalue weighted by molar-refractivity contribution is -0.127. The molecule has 0 saturated heterocycles. The summed E-state index contributed by atoms with van der Waals surface area (Å²) >= 11 is 11.7. The summed E-state index contributed by atoms with van der Waals surface area (Å²) in [6, 6.07) is 8.04. The number of hydrogen-bond donors (Lipinski definition) is 2. The molecule has 1 heterocycles. The molecule has 0 bridgehead atoms. The zero-order valence-corrected chi connectivity index (χ0v) is 13.3. The summed E-state index contributed by atoms with van der Waals surface area (Å²) in [4.78, 5) is 11.9. The molecule has 0 saturated carbocycles. The van der Waals surface area contributed by atoms with Gasteiger partial charge in [0.1, 0.15) is 17.6 Å². The molecule has 7 heteroatoms. The predicted molar refractivity (Wildman–Crippen MR) is 83.2 cm³/mol. The number of rotatable bonds is 6. The highest BCUT2D eigenvalue weighted by atomic mass is 35.5. The number of carbonyl (C=O) groups is 1. The van der Waals surface area contributed by atoms with Crippen LogP contribution in [0.3, 0.4) is 0 Å². The van der Waals surface area contributed by atoms with Crippen LogP contribution in [0.15, 0.2) is 41.0 Å². The summed E-state index contributed by atoms with van der Waals surface area (Å²) in [5.41, 5.74) is 0. The summed E-state index contributed by atoms with van der Waals surface area (Å²) in [6.07, 6.45) is -0.201. The van der Waals surface area contributed by atoms with Crippen molar-refractivity contribution in [2.75, 3.05) is 6.54 Å². The molecular weight excluding hydrogens is 329 g/mol. The largest absolute Gasteiger partial charge is 0.481 e. The van der Waals surface area contributed by atoms with Crippen molar-refractivity contribution in [1.82, 2.24) is 5.32 Å². The fourth-order valence-corrected chi connectivity index (χ4v) is 2.02.